The molecule has 1 aromatic heterocycles. The van der Waals surface area contributed by atoms with E-state index >= 15 is 0 Å². The van der Waals surface area contributed by atoms with Gasteiger partial charge in [0.05, 0.1) is 18.8 Å². The Morgan fingerprint density at radius 3 is 2.52 bits per heavy atom. The Kier molecular flexibility index (Phi) is 5.41. The predicted molar refractivity (Wildman–Crippen MR) is 113 cm³/mol. The van der Waals surface area contributed by atoms with Gasteiger partial charge in [-0.3, -0.25) is 19.8 Å². The van der Waals surface area contributed by atoms with Crippen LogP contribution in [0.4, 0.5) is 19.3 Å². The quantitative estimate of drug-likeness (QED) is 0.702. The van der Waals surface area contributed by atoms with Gasteiger partial charge < -0.3 is 4.90 Å². The Morgan fingerprint density at radius 2 is 1.76 bits per heavy atom. The number of piperazine rings is 1. The molecule has 0 atom stereocenters. The first-order valence-electron chi connectivity index (χ1n) is 10.7. The predicted octanol–water partition coefficient (Wildman–Crippen LogP) is 1.49. The van der Waals surface area contributed by atoms with Gasteiger partial charge in [0.1, 0.15) is 0 Å². The van der Waals surface area contributed by atoms with E-state index in [2.05, 4.69) is 15.2 Å². The minimum Gasteiger partial charge on any atom is -0.366 e. The van der Waals surface area contributed by atoms with E-state index in [1.807, 2.05) is 17.0 Å². The molecule has 0 bridgehead atoms. The molecule has 0 spiro atoms. The molecule has 172 valence electrons. The third-order valence-electron chi connectivity index (χ3n) is 6.22. The standard InChI is InChI=1S/C22H22F2N6O3/c23-19-17(3-5-25-20(19)24)28-9-7-27(8-10-28)12-14-1-2-16-15(11-14)13-30(21(16)32)29-6-4-18(31)26-22(29)33/h1-3,5,11H,4,6-10,12-13H2,(H,26,31,33). The van der Waals surface area contributed by atoms with Crippen LogP contribution in [-0.2, 0) is 17.9 Å². The summed E-state index contributed by atoms with van der Waals surface area (Å²) in [5.41, 5.74) is 2.62. The molecule has 2 aromatic rings. The second-order valence-electron chi connectivity index (χ2n) is 8.28. The Hall–Kier alpha value is -3.60. The average Bonchev–Trinajstić information content (AvgIpc) is 3.12. The van der Waals surface area contributed by atoms with Gasteiger partial charge in [-0.05, 0) is 23.3 Å². The van der Waals surface area contributed by atoms with Crippen molar-refractivity contribution in [2.75, 3.05) is 37.6 Å². The SMILES string of the molecule is O=C1CCN(N2Cc3cc(CN4CCN(c5ccnc(F)c5F)CC4)ccc3C2=O)C(=O)N1. The molecule has 4 heterocycles. The number of pyridine rings is 1. The number of hydrogen-bond donors (Lipinski definition) is 1. The van der Waals surface area contributed by atoms with Crippen LogP contribution in [0, 0.1) is 11.8 Å². The smallest absolute Gasteiger partial charge is 0.342 e. The zero-order chi connectivity index (χ0) is 23.1. The Morgan fingerprint density at radius 1 is 0.970 bits per heavy atom. The largest absolute Gasteiger partial charge is 0.366 e. The van der Waals surface area contributed by atoms with E-state index < -0.39 is 17.8 Å². The van der Waals surface area contributed by atoms with Gasteiger partial charge in [-0.1, -0.05) is 12.1 Å². The van der Waals surface area contributed by atoms with E-state index in [0.29, 0.717) is 38.3 Å². The number of imide groups is 1. The van der Waals surface area contributed by atoms with Gasteiger partial charge in [0.15, 0.2) is 0 Å². The first-order chi connectivity index (χ1) is 15.9. The van der Waals surface area contributed by atoms with E-state index in [1.54, 1.807) is 6.07 Å². The van der Waals surface area contributed by atoms with Crippen LogP contribution in [-0.4, -0.2) is 70.5 Å². The summed E-state index contributed by atoms with van der Waals surface area (Å²) in [6.07, 6.45) is 1.42. The molecule has 2 saturated heterocycles. The number of carbonyl (C=O) groups excluding carboxylic acids is 3. The van der Waals surface area contributed by atoms with Crippen molar-refractivity contribution in [1.29, 1.82) is 0 Å². The fraction of sp³-hybridized carbons (Fsp3) is 0.364. The number of urea groups is 1. The molecule has 3 aliphatic rings. The van der Waals surface area contributed by atoms with Crippen molar-refractivity contribution in [2.24, 2.45) is 0 Å². The van der Waals surface area contributed by atoms with Crippen molar-refractivity contribution < 1.29 is 23.2 Å². The molecule has 5 rings (SSSR count). The van der Waals surface area contributed by atoms with Crippen molar-refractivity contribution >= 4 is 23.5 Å². The number of amides is 4. The minimum absolute atomic E-state index is 0.152. The Labute approximate surface area is 188 Å². The lowest BCUT2D eigenvalue weighted by Crippen LogP contribution is -2.56. The molecule has 1 aromatic carbocycles. The number of nitrogens with one attached hydrogen (secondary N) is 1. The summed E-state index contributed by atoms with van der Waals surface area (Å²) in [6.45, 7) is 3.55. The Bertz CT molecular complexity index is 1140. The number of nitrogens with zero attached hydrogens (tertiary/aromatic N) is 5. The van der Waals surface area contributed by atoms with E-state index in [0.717, 1.165) is 11.1 Å². The average molecular weight is 456 g/mol. The van der Waals surface area contributed by atoms with Crippen LogP contribution >= 0.6 is 0 Å². The zero-order valence-corrected chi connectivity index (χ0v) is 17.8. The number of anilines is 1. The third kappa shape index (κ3) is 3.99. The summed E-state index contributed by atoms with van der Waals surface area (Å²) >= 11 is 0. The van der Waals surface area contributed by atoms with Gasteiger partial charge in [-0.25, -0.2) is 19.8 Å². The molecular weight excluding hydrogens is 434 g/mol. The van der Waals surface area contributed by atoms with Crippen LogP contribution < -0.4 is 10.2 Å². The molecule has 9 nitrogen and oxygen atoms in total. The van der Waals surface area contributed by atoms with Crippen LogP contribution in [0.25, 0.3) is 0 Å². The highest BCUT2D eigenvalue weighted by Gasteiger charge is 2.37. The lowest BCUT2D eigenvalue weighted by Gasteiger charge is -2.36. The van der Waals surface area contributed by atoms with Crippen molar-refractivity contribution in [3.05, 3.63) is 58.9 Å². The second-order valence-corrected chi connectivity index (χ2v) is 8.28. The molecule has 1 N–H and O–H groups in total. The second kappa shape index (κ2) is 8.39. The highest BCUT2D eigenvalue weighted by Crippen LogP contribution is 2.27. The van der Waals surface area contributed by atoms with Gasteiger partial charge in [-0.15, -0.1) is 0 Å². The molecule has 0 radical (unpaired) electrons. The number of hydrogen-bond acceptors (Lipinski definition) is 6. The number of aromatic nitrogens is 1. The summed E-state index contributed by atoms with van der Waals surface area (Å²) in [5.74, 6) is -2.63. The normalized spacial score (nSPS) is 19.2. The van der Waals surface area contributed by atoms with Crippen LogP contribution in [0.1, 0.15) is 27.9 Å². The summed E-state index contributed by atoms with van der Waals surface area (Å²) in [5, 5.41) is 4.89. The first kappa shape index (κ1) is 21.3. The number of halogens is 2. The lowest BCUT2D eigenvalue weighted by atomic mass is 10.1. The van der Waals surface area contributed by atoms with Crippen molar-refractivity contribution in [1.82, 2.24) is 25.2 Å². The number of benzene rings is 1. The van der Waals surface area contributed by atoms with E-state index in [9.17, 15) is 23.2 Å². The van der Waals surface area contributed by atoms with Crippen molar-refractivity contribution in [3.8, 4) is 0 Å². The molecule has 4 amide bonds. The molecule has 0 unspecified atom stereocenters. The molecule has 33 heavy (non-hydrogen) atoms. The molecular formula is C22H22F2N6O3. The van der Waals surface area contributed by atoms with Crippen LogP contribution in [0.5, 0.6) is 0 Å². The van der Waals surface area contributed by atoms with E-state index in [4.69, 9.17) is 0 Å². The molecule has 3 aliphatic heterocycles. The van der Waals surface area contributed by atoms with Crippen molar-refractivity contribution in [3.63, 3.8) is 0 Å². The van der Waals surface area contributed by atoms with Crippen LogP contribution in [0.15, 0.2) is 30.5 Å². The van der Waals surface area contributed by atoms with Gasteiger partial charge >= 0.3 is 6.03 Å². The number of fused-ring (bicyclic) bond motifs is 1. The van der Waals surface area contributed by atoms with Gasteiger partial charge in [0.25, 0.3) is 11.9 Å². The number of hydrazine groups is 1. The number of carbonyl (C=O) groups is 3. The maximum Gasteiger partial charge on any atom is 0.342 e. The summed E-state index contributed by atoms with van der Waals surface area (Å²) in [7, 11) is 0. The van der Waals surface area contributed by atoms with E-state index in [-0.39, 0.29) is 37.0 Å². The highest BCUT2D eigenvalue weighted by atomic mass is 19.2. The van der Waals surface area contributed by atoms with Gasteiger partial charge in [0, 0.05) is 50.9 Å². The lowest BCUT2D eigenvalue weighted by molar-refractivity contribution is -0.123. The molecule has 2 fully saturated rings. The molecule has 0 aliphatic carbocycles. The van der Waals surface area contributed by atoms with Crippen LogP contribution in [0.3, 0.4) is 0 Å². The van der Waals surface area contributed by atoms with Crippen LogP contribution in [0.2, 0.25) is 0 Å². The maximum absolute atomic E-state index is 14.0. The fourth-order valence-electron chi connectivity index (χ4n) is 4.50. The van der Waals surface area contributed by atoms with E-state index in [1.165, 1.54) is 22.3 Å². The monoisotopic (exact) mass is 456 g/mol. The number of rotatable bonds is 4. The topological polar surface area (TPSA) is 89.1 Å². The van der Waals surface area contributed by atoms with Gasteiger partial charge in [0.2, 0.25) is 11.7 Å². The first-order valence-corrected chi connectivity index (χ1v) is 10.7. The molecule has 0 saturated carbocycles. The minimum atomic E-state index is -1.09. The molecule has 11 heteroatoms. The zero-order valence-electron chi connectivity index (χ0n) is 17.8. The summed E-state index contributed by atoms with van der Waals surface area (Å²) < 4.78 is 27.5. The van der Waals surface area contributed by atoms with Crippen molar-refractivity contribution in [2.45, 2.75) is 19.5 Å². The third-order valence-corrected chi connectivity index (χ3v) is 6.22. The summed E-state index contributed by atoms with van der Waals surface area (Å²) in [4.78, 5) is 43.7. The van der Waals surface area contributed by atoms with Gasteiger partial charge in [-0.2, -0.15) is 8.78 Å². The maximum atomic E-state index is 14.0. The fourth-order valence-corrected chi connectivity index (χ4v) is 4.50. The summed E-state index contributed by atoms with van der Waals surface area (Å²) in [6, 6.07) is 6.52. The Balaban J connectivity index is 1.22. The highest BCUT2D eigenvalue weighted by molar-refractivity contribution is 6.01.